The second kappa shape index (κ2) is 6.88. The van der Waals surface area contributed by atoms with Crippen LogP contribution in [0.4, 0.5) is 0 Å². The first kappa shape index (κ1) is 14.3. The van der Waals surface area contributed by atoms with E-state index in [0.717, 1.165) is 25.7 Å². The average Bonchev–Trinajstić information content (AvgIpc) is 2.38. The quantitative estimate of drug-likeness (QED) is 0.751. The Hall–Kier alpha value is -1.12. The van der Waals surface area contributed by atoms with Crippen LogP contribution in [0.15, 0.2) is 42.5 Å². The van der Waals surface area contributed by atoms with Gasteiger partial charge in [-0.2, -0.15) is 0 Å². The Bertz CT molecular complexity index is 399. The minimum absolute atomic E-state index is 0.255. The Kier molecular flexibility index (Phi) is 5.17. The van der Waals surface area contributed by atoms with Gasteiger partial charge in [-0.05, 0) is 25.3 Å². The second-order valence-electron chi connectivity index (χ2n) is 5.56. The highest BCUT2D eigenvalue weighted by Crippen LogP contribution is 2.27. The van der Waals surface area contributed by atoms with E-state index in [1.165, 1.54) is 11.1 Å². The summed E-state index contributed by atoms with van der Waals surface area (Å²) >= 11 is 0. The van der Waals surface area contributed by atoms with Crippen LogP contribution in [0.5, 0.6) is 0 Å². The van der Waals surface area contributed by atoms with Gasteiger partial charge >= 0.3 is 0 Å². The van der Waals surface area contributed by atoms with Gasteiger partial charge in [0.1, 0.15) is 0 Å². The van der Waals surface area contributed by atoms with Crippen LogP contribution in [0.2, 0.25) is 0 Å². The van der Waals surface area contributed by atoms with E-state index >= 15 is 0 Å². The molecule has 3 atom stereocenters. The van der Waals surface area contributed by atoms with Gasteiger partial charge in [0.15, 0.2) is 0 Å². The number of hydrogen-bond acceptors (Lipinski definition) is 2. The average molecular weight is 260 g/mol. The smallest absolute Gasteiger partial charge is 0.0644 e. The maximum absolute atomic E-state index is 6.19. The molecule has 0 aromatic heterocycles. The van der Waals surface area contributed by atoms with Crippen molar-refractivity contribution in [1.82, 2.24) is 0 Å². The van der Waals surface area contributed by atoms with Crippen molar-refractivity contribution in [2.45, 2.75) is 50.9 Å². The lowest BCUT2D eigenvalue weighted by Crippen LogP contribution is -2.37. The maximum Gasteiger partial charge on any atom is 0.0644 e. The van der Waals surface area contributed by atoms with Crippen molar-refractivity contribution in [3.05, 3.63) is 48.0 Å². The standard InChI is InChI=1S/C17H24O2/c1-13(2)9-16-11-15(18-3)12-17(19-16)10-14-7-5-4-6-8-14/h4-8,15-17H,1,9-12H2,2-3H3/t15-,16+,17+/m0/s1. The number of ether oxygens (including phenoxy) is 2. The van der Waals surface area contributed by atoms with Gasteiger partial charge in [-0.3, -0.25) is 0 Å². The molecule has 104 valence electrons. The molecule has 0 spiro atoms. The van der Waals surface area contributed by atoms with Crippen LogP contribution in [-0.4, -0.2) is 25.4 Å². The Labute approximate surface area is 116 Å². The SMILES string of the molecule is C=C(C)C[C@@H]1C[C@H](OC)C[C@@H](Cc2ccccc2)O1. The predicted molar refractivity (Wildman–Crippen MR) is 78.3 cm³/mol. The van der Waals surface area contributed by atoms with E-state index in [1.54, 1.807) is 7.11 Å². The van der Waals surface area contributed by atoms with Gasteiger partial charge in [-0.1, -0.05) is 35.9 Å². The Morgan fingerprint density at radius 3 is 2.58 bits per heavy atom. The molecule has 0 N–H and O–H groups in total. The number of methoxy groups -OCH3 is 1. The summed E-state index contributed by atoms with van der Waals surface area (Å²) in [4.78, 5) is 0. The van der Waals surface area contributed by atoms with Gasteiger partial charge in [0.2, 0.25) is 0 Å². The van der Waals surface area contributed by atoms with Crippen LogP contribution in [0, 0.1) is 0 Å². The molecule has 0 bridgehead atoms. The van der Waals surface area contributed by atoms with Crippen molar-refractivity contribution in [1.29, 1.82) is 0 Å². The van der Waals surface area contributed by atoms with Gasteiger partial charge in [-0.25, -0.2) is 0 Å². The third-order valence-corrected chi connectivity index (χ3v) is 3.65. The van der Waals surface area contributed by atoms with Crippen molar-refractivity contribution in [3.8, 4) is 0 Å². The molecule has 2 rings (SSSR count). The second-order valence-corrected chi connectivity index (χ2v) is 5.56. The molecular formula is C17H24O2. The van der Waals surface area contributed by atoms with Crippen molar-refractivity contribution in [3.63, 3.8) is 0 Å². The number of benzene rings is 1. The highest BCUT2D eigenvalue weighted by atomic mass is 16.5. The molecule has 1 fully saturated rings. The molecule has 1 aromatic carbocycles. The summed E-state index contributed by atoms with van der Waals surface area (Å²) in [5.74, 6) is 0. The fraction of sp³-hybridized carbons (Fsp3) is 0.529. The number of rotatable bonds is 5. The zero-order chi connectivity index (χ0) is 13.7. The van der Waals surface area contributed by atoms with Crippen LogP contribution in [0.1, 0.15) is 31.7 Å². The molecule has 0 amide bonds. The van der Waals surface area contributed by atoms with E-state index in [2.05, 4.69) is 37.8 Å². The summed E-state index contributed by atoms with van der Waals surface area (Å²) in [7, 11) is 1.80. The summed E-state index contributed by atoms with van der Waals surface area (Å²) < 4.78 is 11.8. The minimum atomic E-state index is 0.255. The van der Waals surface area contributed by atoms with E-state index < -0.39 is 0 Å². The lowest BCUT2D eigenvalue weighted by molar-refractivity contribution is -0.104. The van der Waals surface area contributed by atoms with Crippen molar-refractivity contribution < 1.29 is 9.47 Å². The Morgan fingerprint density at radius 2 is 1.95 bits per heavy atom. The normalized spacial score (nSPS) is 27.2. The molecule has 0 aliphatic carbocycles. The van der Waals surface area contributed by atoms with Crippen LogP contribution >= 0.6 is 0 Å². The van der Waals surface area contributed by atoms with Crippen LogP contribution < -0.4 is 0 Å². The molecule has 1 saturated heterocycles. The highest BCUT2D eigenvalue weighted by Gasteiger charge is 2.29. The van der Waals surface area contributed by atoms with Gasteiger partial charge < -0.3 is 9.47 Å². The maximum atomic E-state index is 6.19. The molecule has 1 heterocycles. The summed E-state index contributed by atoms with van der Waals surface area (Å²) in [6.07, 6.45) is 4.69. The fourth-order valence-electron chi connectivity index (χ4n) is 2.79. The molecular weight excluding hydrogens is 236 g/mol. The van der Waals surface area contributed by atoms with Gasteiger partial charge in [-0.15, -0.1) is 6.58 Å². The topological polar surface area (TPSA) is 18.5 Å². The predicted octanol–water partition coefficient (Wildman–Crippen LogP) is 3.76. The van der Waals surface area contributed by atoms with E-state index in [0.29, 0.717) is 6.10 Å². The largest absolute Gasteiger partial charge is 0.381 e. The molecule has 2 heteroatoms. The van der Waals surface area contributed by atoms with Crippen molar-refractivity contribution >= 4 is 0 Å². The first-order valence-corrected chi connectivity index (χ1v) is 7.04. The number of hydrogen-bond donors (Lipinski definition) is 0. The highest BCUT2D eigenvalue weighted by molar-refractivity contribution is 5.15. The zero-order valence-electron chi connectivity index (χ0n) is 12.0. The van der Waals surface area contributed by atoms with Crippen molar-refractivity contribution in [2.75, 3.05) is 7.11 Å². The monoisotopic (exact) mass is 260 g/mol. The van der Waals surface area contributed by atoms with Gasteiger partial charge in [0, 0.05) is 20.0 Å². The third kappa shape index (κ3) is 4.48. The first-order valence-electron chi connectivity index (χ1n) is 7.04. The third-order valence-electron chi connectivity index (χ3n) is 3.65. The van der Waals surface area contributed by atoms with E-state index in [4.69, 9.17) is 9.47 Å². The summed E-state index contributed by atoms with van der Waals surface area (Å²) in [5, 5.41) is 0. The first-order chi connectivity index (χ1) is 9.17. The lowest BCUT2D eigenvalue weighted by Gasteiger charge is -2.35. The molecule has 0 saturated carbocycles. The van der Waals surface area contributed by atoms with Crippen LogP contribution in [0.25, 0.3) is 0 Å². The minimum Gasteiger partial charge on any atom is -0.381 e. The summed E-state index contributed by atoms with van der Waals surface area (Å²) in [5.41, 5.74) is 2.51. The molecule has 19 heavy (non-hydrogen) atoms. The Balaban J connectivity index is 1.97. The van der Waals surface area contributed by atoms with E-state index in [1.807, 2.05) is 6.07 Å². The molecule has 1 aliphatic rings. The lowest BCUT2D eigenvalue weighted by atomic mass is 9.94. The van der Waals surface area contributed by atoms with Crippen LogP contribution in [-0.2, 0) is 15.9 Å². The van der Waals surface area contributed by atoms with Gasteiger partial charge in [0.05, 0.1) is 18.3 Å². The summed E-state index contributed by atoms with van der Waals surface area (Å²) in [6.45, 7) is 6.05. The molecule has 0 unspecified atom stereocenters. The van der Waals surface area contributed by atoms with Gasteiger partial charge in [0.25, 0.3) is 0 Å². The van der Waals surface area contributed by atoms with E-state index in [9.17, 15) is 0 Å². The zero-order valence-corrected chi connectivity index (χ0v) is 12.0. The molecule has 1 aliphatic heterocycles. The van der Waals surface area contributed by atoms with Crippen LogP contribution in [0.3, 0.4) is 0 Å². The molecule has 0 radical (unpaired) electrons. The molecule has 2 nitrogen and oxygen atoms in total. The Morgan fingerprint density at radius 1 is 1.26 bits per heavy atom. The van der Waals surface area contributed by atoms with Crippen molar-refractivity contribution in [2.24, 2.45) is 0 Å². The summed E-state index contributed by atoms with van der Waals surface area (Å²) in [6, 6.07) is 10.5. The van der Waals surface area contributed by atoms with E-state index in [-0.39, 0.29) is 12.2 Å². The fourth-order valence-corrected chi connectivity index (χ4v) is 2.79. The molecule has 1 aromatic rings.